The Kier molecular flexibility index (Phi) is 3.63. The number of aromatic nitrogens is 1. The van der Waals surface area contributed by atoms with Crippen LogP contribution in [0.4, 0.5) is 4.39 Å². The van der Waals surface area contributed by atoms with E-state index in [1.165, 1.54) is 7.11 Å². The molecule has 1 aromatic carbocycles. The standard InChI is InChI=1S/C14H10Cl2FNO3/c1-20-14(19)11-12(18-21-13(11)6-2-3-6)10-8(15)4-7(17)5-9(10)16/h4-6H,2-3H2,1H3. The Labute approximate surface area is 129 Å². The lowest BCUT2D eigenvalue weighted by atomic mass is 10.0. The van der Waals surface area contributed by atoms with Crippen molar-refractivity contribution in [2.45, 2.75) is 18.8 Å². The van der Waals surface area contributed by atoms with Gasteiger partial charge in [0.05, 0.1) is 17.2 Å². The van der Waals surface area contributed by atoms with Crippen LogP contribution in [0, 0.1) is 5.82 Å². The third-order valence-corrected chi connectivity index (χ3v) is 3.90. The summed E-state index contributed by atoms with van der Waals surface area (Å²) in [4.78, 5) is 12.0. The van der Waals surface area contributed by atoms with Crippen molar-refractivity contribution < 1.29 is 18.4 Å². The van der Waals surface area contributed by atoms with E-state index in [1.54, 1.807) is 0 Å². The number of halogens is 3. The van der Waals surface area contributed by atoms with Crippen LogP contribution in [-0.4, -0.2) is 18.2 Å². The summed E-state index contributed by atoms with van der Waals surface area (Å²) in [5.74, 6) is -0.532. The lowest BCUT2D eigenvalue weighted by Crippen LogP contribution is -2.05. The largest absolute Gasteiger partial charge is 0.465 e. The molecule has 0 spiro atoms. The molecule has 7 heteroatoms. The van der Waals surface area contributed by atoms with E-state index in [4.69, 9.17) is 32.5 Å². The number of methoxy groups -OCH3 is 1. The fourth-order valence-electron chi connectivity index (χ4n) is 2.17. The minimum Gasteiger partial charge on any atom is -0.465 e. The number of ether oxygens (including phenoxy) is 1. The van der Waals surface area contributed by atoms with E-state index in [0.717, 1.165) is 25.0 Å². The van der Waals surface area contributed by atoms with Crippen LogP contribution < -0.4 is 0 Å². The van der Waals surface area contributed by atoms with Gasteiger partial charge in [0.2, 0.25) is 0 Å². The summed E-state index contributed by atoms with van der Waals surface area (Å²) in [6.45, 7) is 0. The van der Waals surface area contributed by atoms with Crippen molar-refractivity contribution in [2.75, 3.05) is 7.11 Å². The van der Waals surface area contributed by atoms with E-state index in [1.807, 2.05) is 0 Å². The summed E-state index contributed by atoms with van der Waals surface area (Å²) in [6, 6.07) is 2.21. The van der Waals surface area contributed by atoms with Crippen molar-refractivity contribution in [2.24, 2.45) is 0 Å². The Hall–Kier alpha value is -1.59. The number of hydrogen-bond donors (Lipinski definition) is 0. The van der Waals surface area contributed by atoms with Gasteiger partial charge in [-0.2, -0.15) is 0 Å². The molecule has 3 rings (SSSR count). The summed E-state index contributed by atoms with van der Waals surface area (Å²) in [5.41, 5.74) is 0.643. The highest BCUT2D eigenvalue weighted by Gasteiger charge is 2.36. The first kappa shape index (κ1) is 14.4. The molecule has 1 aliphatic rings. The van der Waals surface area contributed by atoms with Gasteiger partial charge in [-0.3, -0.25) is 0 Å². The molecule has 0 amide bonds. The Balaban J connectivity index is 2.21. The molecule has 1 heterocycles. The van der Waals surface area contributed by atoms with Crippen LogP contribution in [0.1, 0.15) is 34.9 Å². The molecular weight excluding hydrogens is 320 g/mol. The third kappa shape index (κ3) is 2.51. The molecule has 0 bridgehead atoms. The van der Waals surface area contributed by atoms with Crippen LogP contribution in [0.25, 0.3) is 11.3 Å². The first-order chi connectivity index (χ1) is 10.0. The van der Waals surface area contributed by atoms with E-state index in [-0.39, 0.29) is 32.8 Å². The summed E-state index contributed by atoms with van der Waals surface area (Å²) in [7, 11) is 1.27. The zero-order valence-electron chi connectivity index (χ0n) is 11.0. The maximum atomic E-state index is 13.3. The molecule has 0 aliphatic heterocycles. The number of carbonyl (C=O) groups excluding carboxylic acids is 1. The highest BCUT2D eigenvalue weighted by molar-refractivity contribution is 6.39. The normalized spacial score (nSPS) is 14.3. The molecule has 21 heavy (non-hydrogen) atoms. The van der Waals surface area contributed by atoms with Crippen LogP contribution in [0.2, 0.25) is 10.0 Å². The molecule has 0 N–H and O–H groups in total. The molecular formula is C14H10Cl2FNO3. The van der Waals surface area contributed by atoms with Crippen molar-refractivity contribution in [3.8, 4) is 11.3 Å². The Morgan fingerprint density at radius 3 is 2.52 bits per heavy atom. The van der Waals surface area contributed by atoms with Gasteiger partial charge in [-0.1, -0.05) is 28.4 Å². The summed E-state index contributed by atoms with van der Waals surface area (Å²) < 4.78 is 23.3. The van der Waals surface area contributed by atoms with E-state index >= 15 is 0 Å². The fourth-order valence-corrected chi connectivity index (χ4v) is 2.80. The molecule has 0 radical (unpaired) electrons. The Bertz CT molecular complexity index is 702. The highest BCUT2D eigenvalue weighted by Crippen LogP contribution is 2.46. The second-order valence-electron chi connectivity index (χ2n) is 4.78. The SMILES string of the molecule is COC(=O)c1c(-c2c(Cl)cc(F)cc2Cl)noc1C1CC1. The van der Waals surface area contributed by atoms with Crippen molar-refractivity contribution in [3.05, 3.63) is 39.3 Å². The molecule has 110 valence electrons. The minimum absolute atomic E-state index is 0.0563. The molecule has 4 nitrogen and oxygen atoms in total. The maximum Gasteiger partial charge on any atom is 0.343 e. The molecule has 0 unspecified atom stereocenters. The first-order valence-electron chi connectivity index (χ1n) is 6.25. The average molecular weight is 330 g/mol. The molecule has 1 saturated carbocycles. The molecule has 1 fully saturated rings. The first-order valence-corrected chi connectivity index (χ1v) is 7.01. The van der Waals surface area contributed by atoms with Crippen LogP contribution in [0.15, 0.2) is 16.7 Å². The predicted octanol–water partition coefficient (Wildman–Crippen LogP) is 4.45. The van der Waals surface area contributed by atoms with Gasteiger partial charge in [0.15, 0.2) is 5.76 Å². The van der Waals surface area contributed by atoms with Gasteiger partial charge in [0.25, 0.3) is 0 Å². The van der Waals surface area contributed by atoms with Gasteiger partial charge >= 0.3 is 5.97 Å². The lowest BCUT2D eigenvalue weighted by Gasteiger charge is -2.06. The van der Waals surface area contributed by atoms with Gasteiger partial charge < -0.3 is 9.26 Å². The van der Waals surface area contributed by atoms with Crippen molar-refractivity contribution in [1.29, 1.82) is 0 Å². The second kappa shape index (κ2) is 5.31. The van der Waals surface area contributed by atoms with E-state index < -0.39 is 11.8 Å². The molecule has 1 aliphatic carbocycles. The van der Waals surface area contributed by atoms with Crippen LogP contribution >= 0.6 is 23.2 Å². The van der Waals surface area contributed by atoms with Crippen LogP contribution in [0.3, 0.4) is 0 Å². The fraction of sp³-hybridized carbons (Fsp3) is 0.286. The van der Waals surface area contributed by atoms with Crippen LogP contribution in [0.5, 0.6) is 0 Å². The summed E-state index contributed by atoms with van der Waals surface area (Å²) >= 11 is 12.1. The average Bonchev–Trinajstić information content (AvgIpc) is 3.18. The molecule has 0 saturated heterocycles. The minimum atomic E-state index is -0.579. The zero-order chi connectivity index (χ0) is 15.1. The van der Waals surface area contributed by atoms with Gasteiger partial charge in [0, 0.05) is 11.5 Å². The summed E-state index contributed by atoms with van der Waals surface area (Å²) in [5, 5.41) is 4.01. The quantitative estimate of drug-likeness (QED) is 0.780. The number of nitrogens with zero attached hydrogens (tertiary/aromatic N) is 1. The van der Waals surface area contributed by atoms with Crippen molar-refractivity contribution in [1.82, 2.24) is 5.16 Å². The maximum absolute atomic E-state index is 13.3. The number of benzene rings is 1. The van der Waals surface area contributed by atoms with E-state index in [9.17, 15) is 9.18 Å². The van der Waals surface area contributed by atoms with Crippen LogP contribution in [-0.2, 0) is 4.74 Å². The van der Waals surface area contributed by atoms with Crippen molar-refractivity contribution in [3.63, 3.8) is 0 Å². The molecule has 2 aromatic rings. The molecule has 1 aromatic heterocycles. The van der Waals surface area contributed by atoms with Gasteiger partial charge in [0.1, 0.15) is 17.1 Å². The molecule has 0 atom stereocenters. The second-order valence-corrected chi connectivity index (χ2v) is 5.60. The monoisotopic (exact) mass is 329 g/mol. The summed E-state index contributed by atoms with van der Waals surface area (Å²) in [6.07, 6.45) is 1.84. The lowest BCUT2D eigenvalue weighted by molar-refractivity contribution is 0.0599. The zero-order valence-corrected chi connectivity index (χ0v) is 12.5. The van der Waals surface area contributed by atoms with E-state index in [0.29, 0.717) is 5.76 Å². The number of carbonyl (C=O) groups is 1. The smallest absolute Gasteiger partial charge is 0.343 e. The predicted molar refractivity (Wildman–Crippen MR) is 75.2 cm³/mol. The van der Waals surface area contributed by atoms with Gasteiger partial charge in [-0.05, 0) is 25.0 Å². The Morgan fingerprint density at radius 1 is 1.38 bits per heavy atom. The van der Waals surface area contributed by atoms with E-state index in [2.05, 4.69) is 5.16 Å². The van der Waals surface area contributed by atoms with Gasteiger partial charge in [-0.15, -0.1) is 0 Å². The Morgan fingerprint density at radius 2 is 2.00 bits per heavy atom. The topological polar surface area (TPSA) is 52.3 Å². The highest BCUT2D eigenvalue weighted by atomic mass is 35.5. The third-order valence-electron chi connectivity index (χ3n) is 3.30. The number of esters is 1. The number of rotatable bonds is 3. The number of hydrogen-bond acceptors (Lipinski definition) is 4. The van der Waals surface area contributed by atoms with Crippen molar-refractivity contribution >= 4 is 29.2 Å². The van der Waals surface area contributed by atoms with Gasteiger partial charge in [-0.25, -0.2) is 9.18 Å².